The third-order valence-electron chi connectivity index (χ3n) is 13.0. The maximum absolute atomic E-state index is 15.6. The van der Waals surface area contributed by atoms with Crippen LogP contribution < -0.4 is 24.7 Å². The van der Waals surface area contributed by atoms with Crippen LogP contribution in [0.5, 0.6) is 17.2 Å². The first-order chi connectivity index (χ1) is 30.8. The van der Waals surface area contributed by atoms with Gasteiger partial charge in [0, 0.05) is 30.7 Å². The zero-order valence-electron chi connectivity index (χ0n) is 35.4. The van der Waals surface area contributed by atoms with Gasteiger partial charge in [-0.3, -0.25) is 29.5 Å². The molecule has 2 heterocycles. The fraction of sp³-hybridized carbons (Fsp3) is 0.265. The molecule has 3 fully saturated rings. The standard InChI is InChI=1S/C49H44Cl2N6O7/c1-5-64-42-24-27(6-23-41(42)58)44-35-20-21-36-43(47(61)56(45(36)59)33-16-12-31(13-17-33)53-52-30-10-14-32(15-11-30)55(2)3)37(35)26-38-46(60)57(54-40-22-9-29(50)25-39(40)51)48(62)49(38,44)28-7-18-34(63-4)19-8-28/h6-20,22-25,36-38,43-44,54,58H,5,21,26H2,1-4H3. The van der Waals surface area contributed by atoms with Crippen molar-refractivity contribution < 1.29 is 33.8 Å². The van der Waals surface area contributed by atoms with Gasteiger partial charge in [-0.1, -0.05) is 53.1 Å². The molecule has 2 saturated heterocycles. The zero-order valence-corrected chi connectivity index (χ0v) is 36.9. The van der Waals surface area contributed by atoms with Crippen molar-refractivity contribution in [3.05, 3.63) is 142 Å². The molecule has 0 radical (unpaired) electrons. The number of azo groups is 1. The number of phenols is 1. The van der Waals surface area contributed by atoms with Crippen LogP contribution in [0, 0.1) is 23.7 Å². The summed E-state index contributed by atoms with van der Waals surface area (Å²) in [5.41, 5.74) is 6.20. The molecule has 6 unspecified atom stereocenters. The molecule has 5 aromatic carbocycles. The third-order valence-corrected chi connectivity index (χ3v) is 13.5. The SMILES string of the molecule is CCOc1cc(C2C3=CCC4C(=O)N(c5ccc(N=Nc6ccc(N(C)C)cc6)cc5)C(=O)C4C3CC3C(=O)N(Nc4ccc(Cl)cc4Cl)C(=O)C32c2ccc(OC)cc2)ccc1O. The van der Waals surface area contributed by atoms with Gasteiger partial charge in [0.1, 0.15) is 5.75 Å². The summed E-state index contributed by atoms with van der Waals surface area (Å²) < 4.78 is 11.4. The summed E-state index contributed by atoms with van der Waals surface area (Å²) >= 11 is 12.8. The maximum Gasteiger partial charge on any atom is 0.260 e. The van der Waals surface area contributed by atoms with E-state index in [2.05, 4.69) is 15.7 Å². The summed E-state index contributed by atoms with van der Waals surface area (Å²) in [6.07, 6.45) is 2.26. The van der Waals surface area contributed by atoms with Crippen LogP contribution in [0.15, 0.2) is 131 Å². The monoisotopic (exact) mass is 898 g/mol. The van der Waals surface area contributed by atoms with E-state index in [4.69, 9.17) is 32.7 Å². The quantitative estimate of drug-likeness (QED) is 0.0750. The number of rotatable bonds is 11. The van der Waals surface area contributed by atoms with Crippen molar-refractivity contribution in [3.63, 3.8) is 0 Å². The number of hydrogen-bond acceptors (Lipinski definition) is 11. The summed E-state index contributed by atoms with van der Waals surface area (Å²) in [6.45, 7) is 2.05. The summed E-state index contributed by atoms with van der Waals surface area (Å²) in [7, 11) is 5.46. The number of ether oxygens (including phenoxy) is 2. The second-order valence-corrected chi connectivity index (χ2v) is 17.4. The predicted octanol–water partition coefficient (Wildman–Crippen LogP) is 9.78. The largest absolute Gasteiger partial charge is 0.504 e. The van der Waals surface area contributed by atoms with Crippen molar-refractivity contribution in [2.24, 2.45) is 33.9 Å². The maximum atomic E-state index is 15.6. The Morgan fingerprint density at radius 1 is 0.828 bits per heavy atom. The fourth-order valence-corrected chi connectivity index (χ4v) is 10.5. The van der Waals surface area contributed by atoms with Crippen LogP contribution in [-0.2, 0) is 24.6 Å². The number of hydrogen-bond donors (Lipinski definition) is 2. The molecule has 2 aliphatic carbocycles. The molecule has 0 bridgehead atoms. The number of halogens is 2. The first-order valence-electron chi connectivity index (χ1n) is 20.9. The Balaban J connectivity index is 1.13. The second kappa shape index (κ2) is 16.8. The van der Waals surface area contributed by atoms with Crippen LogP contribution in [0.2, 0.25) is 10.0 Å². The average Bonchev–Trinajstić information content (AvgIpc) is 3.68. The number of amides is 4. The highest BCUT2D eigenvalue weighted by atomic mass is 35.5. The Kier molecular flexibility index (Phi) is 11.2. The highest BCUT2D eigenvalue weighted by Crippen LogP contribution is 2.64. The number of allylic oxidation sites excluding steroid dienone is 2. The number of imide groups is 2. The summed E-state index contributed by atoms with van der Waals surface area (Å²) in [4.78, 5) is 63.3. The van der Waals surface area contributed by atoms with Gasteiger partial charge in [-0.05, 0) is 128 Å². The molecule has 4 amide bonds. The van der Waals surface area contributed by atoms with E-state index >= 15 is 9.59 Å². The molecule has 64 heavy (non-hydrogen) atoms. The lowest BCUT2D eigenvalue weighted by Crippen LogP contribution is -2.53. The highest BCUT2D eigenvalue weighted by molar-refractivity contribution is 6.36. The van der Waals surface area contributed by atoms with E-state index in [1.807, 2.05) is 49.3 Å². The Bertz CT molecular complexity index is 2740. The molecule has 0 spiro atoms. The molecule has 4 aliphatic rings. The number of nitrogens with zero attached hydrogens (tertiary/aromatic N) is 5. The Labute approximate surface area is 379 Å². The first kappa shape index (κ1) is 42.6. The van der Waals surface area contributed by atoms with Crippen molar-refractivity contribution in [3.8, 4) is 17.2 Å². The third kappa shape index (κ3) is 7.03. The van der Waals surface area contributed by atoms with Gasteiger partial charge in [-0.25, -0.2) is 0 Å². The van der Waals surface area contributed by atoms with E-state index in [1.54, 1.807) is 86.8 Å². The van der Waals surface area contributed by atoms with Gasteiger partial charge >= 0.3 is 0 Å². The number of carbonyl (C=O) groups excluding carboxylic acids is 4. The molecule has 15 heteroatoms. The molecule has 2 N–H and O–H groups in total. The van der Waals surface area contributed by atoms with Gasteiger partial charge in [-0.15, -0.1) is 0 Å². The number of hydrazine groups is 1. The van der Waals surface area contributed by atoms with Crippen molar-refractivity contribution in [1.82, 2.24) is 5.01 Å². The van der Waals surface area contributed by atoms with Gasteiger partial charge in [0.2, 0.25) is 11.8 Å². The number of methoxy groups -OCH3 is 1. The molecule has 5 aromatic rings. The van der Waals surface area contributed by atoms with Crippen LogP contribution in [0.3, 0.4) is 0 Å². The summed E-state index contributed by atoms with van der Waals surface area (Å²) in [5, 5.41) is 21.2. The van der Waals surface area contributed by atoms with Crippen LogP contribution in [-0.4, -0.2) is 61.6 Å². The lowest BCUT2D eigenvalue weighted by molar-refractivity contribution is -0.138. The van der Waals surface area contributed by atoms with Crippen LogP contribution in [0.1, 0.15) is 36.8 Å². The Morgan fingerprint density at radius 3 is 2.16 bits per heavy atom. The molecular formula is C49H44Cl2N6O7. The van der Waals surface area contributed by atoms with Gasteiger partial charge in [0.15, 0.2) is 11.5 Å². The smallest absolute Gasteiger partial charge is 0.260 e. The van der Waals surface area contributed by atoms with Crippen LogP contribution in [0.4, 0.5) is 28.4 Å². The van der Waals surface area contributed by atoms with E-state index < -0.39 is 52.7 Å². The van der Waals surface area contributed by atoms with E-state index in [0.717, 1.165) is 16.3 Å². The molecule has 9 rings (SSSR count). The molecule has 2 aliphatic heterocycles. The lowest BCUT2D eigenvalue weighted by Gasteiger charge is -2.50. The average molecular weight is 900 g/mol. The number of fused-ring (bicyclic) bond motifs is 4. The molecule has 6 atom stereocenters. The minimum absolute atomic E-state index is 0.0741. The molecular weight excluding hydrogens is 855 g/mol. The number of phenolic OH excluding ortho intramolecular Hbond substituents is 1. The molecule has 326 valence electrons. The molecule has 1 saturated carbocycles. The molecule has 0 aromatic heterocycles. The number of nitrogens with one attached hydrogen (secondary N) is 1. The number of benzene rings is 5. The summed E-state index contributed by atoms with van der Waals surface area (Å²) in [5.74, 6) is -5.26. The van der Waals surface area contributed by atoms with Crippen molar-refractivity contribution >= 4 is 75.3 Å². The molecule has 13 nitrogen and oxygen atoms in total. The van der Waals surface area contributed by atoms with Crippen molar-refractivity contribution in [2.45, 2.75) is 31.1 Å². The van der Waals surface area contributed by atoms with Crippen LogP contribution in [0.25, 0.3) is 0 Å². The van der Waals surface area contributed by atoms with Gasteiger partial charge in [0.05, 0.1) is 64.7 Å². The second-order valence-electron chi connectivity index (χ2n) is 16.5. The number of anilines is 3. The minimum atomic E-state index is -1.59. The van der Waals surface area contributed by atoms with E-state index in [-0.39, 0.29) is 47.6 Å². The normalized spacial score (nSPS) is 23.8. The number of carbonyl (C=O) groups is 4. The van der Waals surface area contributed by atoms with Gasteiger partial charge in [0.25, 0.3) is 11.8 Å². The van der Waals surface area contributed by atoms with E-state index in [1.165, 1.54) is 17.0 Å². The predicted molar refractivity (Wildman–Crippen MR) is 244 cm³/mol. The topological polar surface area (TPSA) is 153 Å². The summed E-state index contributed by atoms with van der Waals surface area (Å²) in [6, 6.07) is 31.1. The zero-order chi connectivity index (χ0) is 45.0. The minimum Gasteiger partial charge on any atom is -0.504 e. The van der Waals surface area contributed by atoms with Crippen molar-refractivity contribution in [1.29, 1.82) is 0 Å². The van der Waals surface area contributed by atoms with E-state index in [9.17, 15) is 14.7 Å². The van der Waals surface area contributed by atoms with Gasteiger partial charge < -0.3 is 19.5 Å². The lowest BCUT2D eigenvalue weighted by atomic mass is 9.49. The first-order valence-corrected chi connectivity index (χ1v) is 21.7. The number of aromatic hydroxyl groups is 1. The van der Waals surface area contributed by atoms with Crippen molar-refractivity contribution in [2.75, 3.05) is 43.0 Å². The highest BCUT2D eigenvalue weighted by Gasteiger charge is 2.70. The fourth-order valence-electron chi connectivity index (χ4n) is 10.1. The Hall–Kier alpha value is -6.70. The Morgan fingerprint density at radius 2 is 1.52 bits per heavy atom. The van der Waals surface area contributed by atoms with Crippen LogP contribution >= 0.6 is 23.2 Å². The van der Waals surface area contributed by atoms with E-state index in [0.29, 0.717) is 39.0 Å². The van der Waals surface area contributed by atoms with Gasteiger partial charge in [-0.2, -0.15) is 15.2 Å².